The average molecular weight is 322 g/mol. The van der Waals surface area contributed by atoms with Crippen LogP contribution in [0.15, 0.2) is 29.5 Å². The van der Waals surface area contributed by atoms with E-state index in [4.69, 9.17) is 9.73 Å². The number of thioether (sulfide) groups is 1. The molecule has 0 bridgehead atoms. The highest BCUT2D eigenvalue weighted by Crippen LogP contribution is 2.29. The van der Waals surface area contributed by atoms with Gasteiger partial charge in [-0.3, -0.25) is 4.98 Å². The first-order valence-corrected chi connectivity index (χ1v) is 8.79. The van der Waals surface area contributed by atoms with E-state index in [1.807, 2.05) is 23.9 Å². The minimum Gasteiger partial charge on any atom is -0.490 e. The van der Waals surface area contributed by atoms with Gasteiger partial charge in [0.1, 0.15) is 12.4 Å². The van der Waals surface area contributed by atoms with Crippen molar-refractivity contribution in [1.29, 1.82) is 0 Å². The van der Waals surface area contributed by atoms with Crippen molar-refractivity contribution >= 4 is 17.7 Å². The van der Waals surface area contributed by atoms with Crippen LogP contribution in [0.5, 0.6) is 5.75 Å². The zero-order valence-corrected chi connectivity index (χ0v) is 14.5. The molecular formula is C16H26N4OS. The molecule has 0 spiro atoms. The number of guanidine groups is 1. The Balaban J connectivity index is 1.87. The van der Waals surface area contributed by atoms with Gasteiger partial charge in [-0.05, 0) is 32.9 Å². The fourth-order valence-corrected chi connectivity index (χ4v) is 3.48. The summed E-state index contributed by atoms with van der Waals surface area (Å²) in [6, 6.07) is 3.78. The Morgan fingerprint density at radius 2 is 2.41 bits per heavy atom. The highest BCUT2D eigenvalue weighted by molar-refractivity contribution is 8.00. The molecule has 1 fully saturated rings. The van der Waals surface area contributed by atoms with E-state index in [1.165, 1.54) is 0 Å². The van der Waals surface area contributed by atoms with Gasteiger partial charge in [-0.2, -0.15) is 11.8 Å². The lowest BCUT2D eigenvalue weighted by Crippen LogP contribution is -2.51. The molecule has 1 N–H and O–H groups in total. The standard InChI is InChI=1S/C16H26N4OS/c1-4-18-15(20-9-11-22-16(2,3)13-20)19-8-10-21-14-6-5-7-17-12-14/h5-7,12H,4,8-11,13H2,1-3H3,(H,18,19). The molecule has 1 aromatic heterocycles. The highest BCUT2D eigenvalue weighted by atomic mass is 32.2. The van der Waals surface area contributed by atoms with E-state index in [9.17, 15) is 0 Å². The molecule has 1 saturated heterocycles. The normalized spacial score (nSPS) is 18.1. The van der Waals surface area contributed by atoms with Crippen LogP contribution in [0.3, 0.4) is 0 Å². The number of rotatable bonds is 5. The first kappa shape index (κ1) is 16.9. The third-order valence-corrected chi connectivity index (χ3v) is 4.61. The Morgan fingerprint density at radius 1 is 1.55 bits per heavy atom. The van der Waals surface area contributed by atoms with Crippen LogP contribution in [-0.4, -0.2) is 59.1 Å². The van der Waals surface area contributed by atoms with Gasteiger partial charge in [0.05, 0.1) is 12.7 Å². The van der Waals surface area contributed by atoms with E-state index in [0.717, 1.165) is 37.1 Å². The van der Waals surface area contributed by atoms with Gasteiger partial charge in [-0.1, -0.05) is 0 Å². The van der Waals surface area contributed by atoms with E-state index < -0.39 is 0 Å². The molecule has 0 saturated carbocycles. The molecule has 0 unspecified atom stereocenters. The van der Waals surface area contributed by atoms with Crippen LogP contribution in [0.25, 0.3) is 0 Å². The molecule has 22 heavy (non-hydrogen) atoms. The number of hydrogen-bond donors (Lipinski definition) is 1. The second-order valence-electron chi connectivity index (χ2n) is 5.80. The molecule has 2 heterocycles. The van der Waals surface area contributed by atoms with Crippen molar-refractivity contribution in [3.63, 3.8) is 0 Å². The number of nitrogens with zero attached hydrogens (tertiary/aromatic N) is 3. The summed E-state index contributed by atoms with van der Waals surface area (Å²) >= 11 is 2.03. The van der Waals surface area contributed by atoms with E-state index in [-0.39, 0.29) is 4.75 Å². The number of aromatic nitrogens is 1. The van der Waals surface area contributed by atoms with Crippen molar-refractivity contribution in [1.82, 2.24) is 15.2 Å². The number of hydrogen-bond acceptors (Lipinski definition) is 4. The third-order valence-electron chi connectivity index (χ3n) is 3.32. The summed E-state index contributed by atoms with van der Waals surface area (Å²) in [5, 5.41) is 3.39. The largest absolute Gasteiger partial charge is 0.490 e. The van der Waals surface area contributed by atoms with Crippen molar-refractivity contribution in [2.24, 2.45) is 4.99 Å². The molecule has 122 valence electrons. The van der Waals surface area contributed by atoms with E-state index in [2.05, 4.69) is 36.0 Å². The molecule has 6 heteroatoms. The number of pyridine rings is 1. The second-order valence-corrected chi connectivity index (χ2v) is 7.60. The third kappa shape index (κ3) is 5.40. The molecule has 1 aliphatic rings. The minimum absolute atomic E-state index is 0.278. The lowest BCUT2D eigenvalue weighted by Gasteiger charge is -2.39. The van der Waals surface area contributed by atoms with E-state index >= 15 is 0 Å². The van der Waals surface area contributed by atoms with Crippen molar-refractivity contribution < 1.29 is 4.74 Å². The molecule has 0 radical (unpaired) electrons. The van der Waals surface area contributed by atoms with Gasteiger partial charge in [-0.15, -0.1) is 0 Å². The fourth-order valence-electron chi connectivity index (χ4n) is 2.37. The molecular weight excluding hydrogens is 296 g/mol. The molecule has 5 nitrogen and oxygen atoms in total. The molecule has 0 atom stereocenters. The smallest absolute Gasteiger partial charge is 0.194 e. The van der Waals surface area contributed by atoms with Crippen molar-refractivity contribution in [3.05, 3.63) is 24.5 Å². The first-order valence-electron chi connectivity index (χ1n) is 7.81. The van der Waals surface area contributed by atoms with Gasteiger partial charge >= 0.3 is 0 Å². The fraction of sp³-hybridized carbons (Fsp3) is 0.625. The van der Waals surface area contributed by atoms with Crippen molar-refractivity contribution in [3.8, 4) is 5.75 Å². The lowest BCUT2D eigenvalue weighted by molar-refractivity contribution is 0.324. The summed E-state index contributed by atoms with van der Waals surface area (Å²) < 4.78 is 5.92. The van der Waals surface area contributed by atoms with Gasteiger partial charge in [0, 0.05) is 36.3 Å². The molecule has 0 aromatic carbocycles. The monoisotopic (exact) mass is 322 g/mol. The summed E-state index contributed by atoms with van der Waals surface area (Å²) in [5.41, 5.74) is 0. The predicted octanol–water partition coefficient (Wildman–Crippen LogP) is 2.25. The van der Waals surface area contributed by atoms with Gasteiger partial charge in [0.2, 0.25) is 0 Å². The van der Waals surface area contributed by atoms with Gasteiger partial charge in [0.25, 0.3) is 0 Å². The quantitative estimate of drug-likeness (QED) is 0.512. The first-order chi connectivity index (χ1) is 10.6. The number of nitrogens with one attached hydrogen (secondary N) is 1. The highest BCUT2D eigenvalue weighted by Gasteiger charge is 2.28. The van der Waals surface area contributed by atoms with Crippen LogP contribution in [0.4, 0.5) is 0 Å². The molecule has 0 aliphatic carbocycles. The van der Waals surface area contributed by atoms with Crippen LogP contribution < -0.4 is 10.1 Å². The summed E-state index contributed by atoms with van der Waals surface area (Å²) in [6.07, 6.45) is 3.46. The van der Waals surface area contributed by atoms with Crippen LogP contribution in [-0.2, 0) is 0 Å². The summed E-state index contributed by atoms with van der Waals surface area (Å²) in [5.74, 6) is 2.92. The van der Waals surface area contributed by atoms with Crippen LogP contribution in [0.2, 0.25) is 0 Å². The Morgan fingerprint density at radius 3 is 3.09 bits per heavy atom. The molecule has 0 amide bonds. The minimum atomic E-state index is 0.278. The topological polar surface area (TPSA) is 49.8 Å². The maximum absolute atomic E-state index is 5.64. The Labute approximate surface area is 137 Å². The van der Waals surface area contributed by atoms with Crippen LogP contribution in [0, 0.1) is 0 Å². The van der Waals surface area contributed by atoms with Crippen LogP contribution in [0.1, 0.15) is 20.8 Å². The SMILES string of the molecule is CCNC(=NCCOc1cccnc1)N1CCSC(C)(C)C1. The maximum Gasteiger partial charge on any atom is 0.194 e. The van der Waals surface area contributed by atoms with E-state index in [1.54, 1.807) is 12.4 Å². The van der Waals surface area contributed by atoms with Crippen molar-refractivity contribution in [2.45, 2.75) is 25.5 Å². The second kappa shape index (κ2) is 8.27. The predicted molar refractivity (Wildman–Crippen MR) is 93.8 cm³/mol. The Hall–Kier alpha value is -1.43. The summed E-state index contributed by atoms with van der Waals surface area (Å²) in [7, 11) is 0. The van der Waals surface area contributed by atoms with Gasteiger partial charge in [0.15, 0.2) is 5.96 Å². The Bertz CT molecular complexity index is 478. The lowest BCUT2D eigenvalue weighted by atomic mass is 10.2. The van der Waals surface area contributed by atoms with Gasteiger partial charge in [-0.25, -0.2) is 4.99 Å². The zero-order chi connectivity index (χ0) is 15.8. The molecule has 1 aliphatic heterocycles. The Kier molecular flexibility index (Phi) is 6.36. The van der Waals surface area contributed by atoms with Crippen LogP contribution >= 0.6 is 11.8 Å². The summed E-state index contributed by atoms with van der Waals surface area (Å²) in [6.45, 7) is 10.8. The number of ether oxygens (including phenoxy) is 1. The average Bonchev–Trinajstić information content (AvgIpc) is 2.50. The maximum atomic E-state index is 5.64. The van der Waals surface area contributed by atoms with Crippen molar-refractivity contribution in [2.75, 3.05) is 38.5 Å². The van der Waals surface area contributed by atoms with E-state index in [0.29, 0.717) is 13.2 Å². The number of aliphatic imine (C=N–C) groups is 1. The summed E-state index contributed by atoms with van der Waals surface area (Å²) in [4.78, 5) is 11.1. The van der Waals surface area contributed by atoms with Gasteiger partial charge < -0.3 is 15.0 Å². The zero-order valence-electron chi connectivity index (χ0n) is 13.7. The molecule has 1 aromatic rings. The molecule has 2 rings (SSSR count).